The van der Waals surface area contributed by atoms with Crippen LogP contribution in [0.5, 0.6) is 0 Å². The number of anilines is 2. The van der Waals surface area contributed by atoms with Gasteiger partial charge in [-0.05, 0) is 48.0 Å². The number of sulfonamides is 1. The molecule has 4 rings (SSSR count). The molecule has 9 nitrogen and oxygen atoms in total. The maximum atomic E-state index is 13.2. The molecule has 0 saturated heterocycles. The zero-order valence-electron chi connectivity index (χ0n) is 18.4. The number of oxazole rings is 1. The van der Waals surface area contributed by atoms with Gasteiger partial charge in [0.1, 0.15) is 0 Å². The summed E-state index contributed by atoms with van der Waals surface area (Å²) in [4.78, 5) is 27.4. The summed E-state index contributed by atoms with van der Waals surface area (Å²) in [5.74, 6) is -1.77. The number of halogens is 1. The molecule has 182 valence electrons. The van der Waals surface area contributed by atoms with E-state index in [1.54, 1.807) is 12.1 Å². The third-order valence-corrected chi connectivity index (χ3v) is 6.51. The minimum atomic E-state index is -4.19. The van der Waals surface area contributed by atoms with E-state index in [2.05, 4.69) is 15.0 Å². The smallest absolute Gasteiger partial charge is 0.328 e. The van der Waals surface area contributed by atoms with E-state index in [9.17, 15) is 18.0 Å². The lowest BCUT2D eigenvalue weighted by molar-refractivity contribution is -0.131. The Morgan fingerprint density at radius 2 is 1.67 bits per heavy atom. The first-order chi connectivity index (χ1) is 17.2. The van der Waals surface area contributed by atoms with Gasteiger partial charge in [-0.2, -0.15) is 0 Å². The average molecular weight is 524 g/mol. The van der Waals surface area contributed by atoms with Crippen LogP contribution in [0.3, 0.4) is 0 Å². The fourth-order valence-corrected chi connectivity index (χ4v) is 4.58. The quantitative estimate of drug-likeness (QED) is 0.271. The van der Waals surface area contributed by atoms with E-state index in [0.29, 0.717) is 10.8 Å². The number of aliphatic carboxylic acids is 1. The van der Waals surface area contributed by atoms with Crippen LogP contribution in [-0.2, 0) is 14.8 Å². The molecule has 0 aliphatic rings. The number of carboxylic acids is 1. The van der Waals surface area contributed by atoms with Gasteiger partial charge in [0, 0.05) is 28.0 Å². The van der Waals surface area contributed by atoms with E-state index in [1.807, 2.05) is 18.2 Å². The largest absolute Gasteiger partial charge is 0.478 e. The molecule has 0 aliphatic carbocycles. The van der Waals surface area contributed by atoms with Crippen molar-refractivity contribution in [1.29, 1.82) is 0 Å². The van der Waals surface area contributed by atoms with Gasteiger partial charge >= 0.3 is 11.9 Å². The molecule has 1 aromatic heterocycles. The molecule has 3 aromatic carbocycles. The molecule has 0 aliphatic heterocycles. The number of carboxylic acid groups (broad SMARTS) is 1. The lowest BCUT2D eigenvalue weighted by Gasteiger charge is -2.13. The van der Waals surface area contributed by atoms with Gasteiger partial charge in [0.15, 0.2) is 5.76 Å². The first kappa shape index (κ1) is 24.7. The fourth-order valence-electron chi connectivity index (χ4n) is 3.17. The summed E-state index contributed by atoms with van der Waals surface area (Å²) in [7, 11) is -4.19. The summed E-state index contributed by atoms with van der Waals surface area (Å²) in [5.41, 5.74) is 1.21. The highest BCUT2D eigenvalue weighted by Crippen LogP contribution is 2.26. The number of amides is 1. The second kappa shape index (κ2) is 10.5. The maximum Gasteiger partial charge on any atom is 0.328 e. The number of aromatic nitrogens is 1. The summed E-state index contributed by atoms with van der Waals surface area (Å²) in [5, 5.41) is 12.0. The third kappa shape index (κ3) is 5.98. The second-order valence-corrected chi connectivity index (χ2v) is 9.47. The normalized spacial score (nSPS) is 11.4. The molecule has 0 spiro atoms. The summed E-state index contributed by atoms with van der Waals surface area (Å²) >= 11 is 5.86. The zero-order chi connectivity index (χ0) is 25.7. The lowest BCUT2D eigenvalue weighted by atomic mass is 10.2. The first-order valence-corrected chi connectivity index (χ1v) is 12.2. The van der Waals surface area contributed by atoms with Crippen molar-refractivity contribution in [2.45, 2.75) is 4.90 Å². The van der Waals surface area contributed by atoms with Crippen molar-refractivity contribution in [3.63, 3.8) is 0 Å². The molecule has 4 aromatic rings. The van der Waals surface area contributed by atoms with Gasteiger partial charge in [0.2, 0.25) is 0 Å². The van der Waals surface area contributed by atoms with E-state index in [-0.39, 0.29) is 27.7 Å². The van der Waals surface area contributed by atoms with Crippen LogP contribution >= 0.6 is 11.6 Å². The van der Waals surface area contributed by atoms with E-state index < -0.39 is 21.9 Å². The van der Waals surface area contributed by atoms with Crippen LogP contribution in [-0.4, -0.2) is 30.4 Å². The zero-order valence-corrected chi connectivity index (χ0v) is 20.0. The van der Waals surface area contributed by atoms with Gasteiger partial charge in [-0.25, -0.2) is 18.2 Å². The monoisotopic (exact) mass is 523 g/mol. The minimum Gasteiger partial charge on any atom is -0.478 e. The molecular weight excluding hydrogens is 506 g/mol. The highest BCUT2D eigenvalue weighted by Gasteiger charge is 2.21. The number of carbonyl (C=O) groups excluding carboxylic acids is 1. The van der Waals surface area contributed by atoms with Crippen molar-refractivity contribution in [2.24, 2.45) is 0 Å². The number of nitrogens with zero attached hydrogens (tertiary/aromatic N) is 1. The SMILES string of the molecule is O=C(O)/C=C/c1ccc(NC(=O)c2ncc(-c3ccccc3)o2)cc1S(=O)(=O)Nc1ccc(Cl)cc1. The topological polar surface area (TPSA) is 139 Å². The van der Waals surface area contributed by atoms with Crippen LogP contribution in [0.15, 0.2) is 94.4 Å². The third-order valence-electron chi connectivity index (χ3n) is 4.82. The molecule has 0 bridgehead atoms. The van der Waals surface area contributed by atoms with Crippen LogP contribution < -0.4 is 10.0 Å². The molecular formula is C25H18ClN3O6S. The van der Waals surface area contributed by atoms with Gasteiger partial charge in [-0.1, -0.05) is 48.0 Å². The lowest BCUT2D eigenvalue weighted by Crippen LogP contribution is -2.16. The fraction of sp³-hybridized carbons (Fsp3) is 0. The van der Waals surface area contributed by atoms with E-state index in [4.69, 9.17) is 21.1 Å². The predicted octanol–water partition coefficient (Wildman–Crippen LogP) is 5.15. The summed E-state index contributed by atoms with van der Waals surface area (Å²) in [6.45, 7) is 0. The van der Waals surface area contributed by atoms with Gasteiger partial charge < -0.3 is 14.8 Å². The van der Waals surface area contributed by atoms with Crippen LogP contribution in [0, 0.1) is 0 Å². The van der Waals surface area contributed by atoms with Gasteiger partial charge in [0.25, 0.3) is 15.9 Å². The van der Waals surface area contributed by atoms with Crippen molar-refractivity contribution < 1.29 is 27.5 Å². The number of nitrogens with one attached hydrogen (secondary N) is 2. The molecule has 3 N–H and O–H groups in total. The van der Waals surface area contributed by atoms with Crippen LogP contribution in [0.25, 0.3) is 17.4 Å². The van der Waals surface area contributed by atoms with E-state index >= 15 is 0 Å². The molecule has 0 radical (unpaired) electrons. The second-order valence-electron chi connectivity index (χ2n) is 7.39. The van der Waals surface area contributed by atoms with Crippen molar-refractivity contribution in [3.05, 3.63) is 102 Å². The summed E-state index contributed by atoms with van der Waals surface area (Å²) < 4.78 is 34.3. The highest BCUT2D eigenvalue weighted by atomic mass is 35.5. The Kier molecular flexibility index (Phi) is 7.18. The first-order valence-electron chi connectivity index (χ1n) is 10.4. The number of rotatable bonds is 8. The van der Waals surface area contributed by atoms with Gasteiger partial charge in [-0.3, -0.25) is 9.52 Å². The molecule has 11 heteroatoms. The van der Waals surface area contributed by atoms with Crippen molar-refractivity contribution in [3.8, 4) is 11.3 Å². The Hall–Kier alpha value is -4.41. The number of hydrogen-bond donors (Lipinski definition) is 3. The Morgan fingerprint density at radius 3 is 2.36 bits per heavy atom. The van der Waals surface area contributed by atoms with Crippen LogP contribution in [0.4, 0.5) is 11.4 Å². The Balaban J connectivity index is 1.63. The number of hydrogen-bond acceptors (Lipinski definition) is 6. The van der Waals surface area contributed by atoms with Crippen LogP contribution in [0.2, 0.25) is 5.02 Å². The minimum absolute atomic E-state index is 0.0966. The maximum absolute atomic E-state index is 13.2. The van der Waals surface area contributed by atoms with Crippen molar-refractivity contribution in [1.82, 2.24) is 4.98 Å². The molecule has 1 heterocycles. The molecule has 0 unspecified atom stereocenters. The van der Waals surface area contributed by atoms with Crippen molar-refractivity contribution >= 4 is 51.0 Å². The Morgan fingerprint density at radius 1 is 0.972 bits per heavy atom. The van der Waals surface area contributed by atoms with Gasteiger partial charge in [0.05, 0.1) is 11.1 Å². The summed E-state index contributed by atoms with van der Waals surface area (Å²) in [6.07, 6.45) is 3.37. The predicted molar refractivity (Wildman–Crippen MR) is 135 cm³/mol. The number of carbonyl (C=O) groups is 2. The molecule has 0 saturated carbocycles. The van der Waals surface area contributed by atoms with Gasteiger partial charge in [-0.15, -0.1) is 0 Å². The Labute approximate surface area is 211 Å². The van der Waals surface area contributed by atoms with E-state index in [1.165, 1.54) is 48.7 Å². The molecule has 1 amide bonds. The molecule has 0 fully saturated rings. The average Bonchev–Trinajstić information content (AvgIpc) is 3.36. The number of benzene rings is 3. The molecule has 0 atom stereocenters. The highest BCUT2D eigenvalue weighted by molar-refractivity contribution is 7.92. The van der Waals surface area contributed by atoms with E-state index in [0.717, 1.165) is 17.7 Å². The van der Waals surface area contributed by atoms with Crippen molar-refractivity contribution in [2.75, 3.05) is 10.0 Å². The van der Waals surface area contributed by atoms with Crippen LogP contribution in [0.1, 0.15) is 16.2 Å². The molecule has 36 heavy (non-hydrogen) atoms. The summed E-state index contributed by atoms with van der Waals surface area (Å²) in [6, 6.07) is 19.1. The Bertz CT molecular complexity index is 1550. The standard InChI is InChI=1S/C25H18ClN3O6S/c26-18-8-11-19(12-9-18)29-36(33,34)22-14-20(10-6-17(22)7-13-23(30)31)28-24(32)25-27-15-21(35-25)16-4-2-1-3-5-16/h1-15,29H,(H,28,32)(H,30,31)/b13-7+.